The quantitative estimate of drug-likeness (QED) is 0.700. The van der Waals surface area contributed by atoms with E-state index in [1.54, 1.807) is 0 Å². The molecule has 0 unspecified atom stereocenters. The minimum Gasteiger partial charge on any atom is -0.320 e. The first kappa shape index (κ1) is 14.1. The molecule has 1 aromatic carbocycles. The van der Waals surface area contributed by atoms with Crippen LogP contribution in [0.25, 0.3) is 0 Å². The van der Waals surface area contributed by atoms with E-state index < -0.39 is 0 Å². The number of benzene rings is 1. The normalized spacial score (nSPS) is 11.1. The summed E-state index contributed by atoms with van der Waals surface area (Å²) < 4.78 is 12.7. The average molecular weight is 238 g/mol. The summed E-state index contributed by atoms with van der Waals surface area (Å²) in [4.78, 5) is 2.28. The van der Waals surface area contributed by atoms with Crippen LogP contribution >= 0.6 is 0 Å². The third-order valence-corrected chi connectivity index (χ3v) is 2.83. The Balaban J connectivity index is 2.16. The molecule has 0 saturated carbocycles. The van der Waals surface area contributed by atoms with Crippen molar-refractivity contribution in [2.45, 2.75) is 25.8 Å². The van der Waals surface area contributed by atoms with Crippen molar-refractivity contribution >= 4 is 0 Å². The Labute approximate surface area is 104 Å². The summed E-state index contributed by atoms with van der Waals surface area (Å²) in [5.74, 6) is -0.163. The molecule has 0 saturated heterocycles. The van der Waals surface area contributed by atoms with E-state index in [1.165, 1.54) is 37.0 Å². The van der Waals surface area contributed by atoms with Gasteiger partial charge in [0.25, 0.3) is 0 Å². The summed E-state index contributed by atoms with van der Waals surface area (Å²) in [6, 6.07) is 6.76. The molecule has 3 heteroatoms. The van der Waals surface area contributed by atoms with Crippen molar-refractivity contribution in [1.29, 1.82) is 0 Å². The number of halogens is 1. The van der Waals surface area contributed by atoms with Gasteiger partial charge in [-0.05, 0) is 57.7 Å². The van der Waals surface area contributed by atoms with E-state index >= 15 is 0 Å². The average Bonchev–Trinajstić information content (AvgIpc) is 2.32. The summed E-state index contributed by atoms with van der Waals surface area (Å²) in [6.45, 7) is 3.09. The van der Waals surface area contributed by atoms with Crippen molar-refractivity contribution in [2.24, 2.45) is 0 Å². The highest BCUT2D eigenvalue weighted by Gasteiger charge is 2.00. The van der Waals surface area contributed by atoms with E-state index in [1.807, 2.05) is 19.2 Å². The molecule has 1 N–H and O–H groups in total. The van der Waals surface area contributed by atoms with Gasteiger partial charge in [0.15, 0.2) is 0 Å². The van der Waals surface area contributed by atoms with Gasteiger partial charge in [-0.3, -0.25) is 0 Å². The molecule has 0 heterocycles. The van der Waals surface area contributed by atoms with Crippen molar-refractivity contribution in [3.63, 3.8) is 0 Å². The van der Waals surface area contributed by atoms with E-state index in [0.717, 1.165) is 19.6 Å². The SMILES string of the molecule is CNCCCCCN(C)Cc1ccc(F)cc1. The predicted octanol–water partition coefficient (Wildman–Crippen LogP) is 2.65. The molecule has 0 fully saturated rings. The van der Waals surface area contributed by atoms with Crippen molar-refractivity contribution in [3.8, 4) is 0 Å². The smallest absolute Gasteiger partial charge is 0.123 e. The van der Waals surface area contributed by atoms with Gasteiger partial charge in [0.1, 0.15) is 5.82 Å². The van der Waals surface area contributed by atoms with Gasteiger partial charge in [0, 0.05) is 6.54 Å². The monoisotopic (exact) mass is 238 g/mol. The fraction of sp³-hybridized carbons (Fsp3) is 0.571. The maximum absolute atomic E-state index is 12.7. The Kier molecular flexibility index (Phi) is 6.82. The fourth-order valence-electron chi connectivity index (χ4n) is 1.84. The summed E-state index contributed by atoms with van der Waals surface area (Å²) >= 11 is 0. The first-order valence-corrected chi connectivity index (χ1v) is 6.30. The van der Waals surface area contributed by atoms with E-state index in [9.17, 15) is 4.39 Å². The van der Waals surface area contributed by atoms with Crippen molar-refractivity contribution in [3.05, 3.63) is 35.6 Å². The maximum atomic E-state index is 12.7. The highest BCUT2D eigenvalue weighted by Crippen LogP contribution is 2.06. The zero-order chi connectivity index (χ0) is 12.5. The van der Waals surface area contributed by atoms with Crippen molar-refractivity contribution in [1.82, 2.24) is 10.2 Å². The van der Waals surface area contributed by atoms with E-state index in [-0.39, 0.29) is 5.82 Å². The van der Waals surface area contributed by atoms with Gasteiger partial charge in [0.05, 0.1) is 0 Å². The Morgan fingerprint density at radius 1 is 1.12 bits per heavy atom. The lowest BCUT2D eigenvalue weighted by atomic mass is 10.2. The largest absolute Gasteiger partial charge is 0.320 e. The van der Waals surface area contributed by atoms with E-state index in [0.29, 0.717) is 0 Å². The molecule has 2 nitrogen and oxygen atoms in total. The molecule has 0 aliphatic heterocycles. The molecular formula is C14H23FN2. The molecule has 0 atom stereocenters. The number of nitrogens with one attached hydrogen (secondary N) is 1. The molecule has 96 valence electrons. The number of nitrogens with zero attached hydrogens (tertiary/aromatic N) is 1. The maximum Gasteiger partial charge on any atom is 0.123 e. The Bertz CT molecular complexity index is 298. The standard InChI is InChI=1S/C14H23FN2/c1-16-10-4-3-5-11-17(2)12-13-6-8-14(15)9-7-13/h6-9,16H,3-5,10-12H2,1-2H3. The molecule has 0 amide bonds. The van der Waals surface area contributed by atoms with Gasteiger partial charge in [0.2, 0.25) is 0 Å². The minimum absolute atomic E-state index is 0.163. The van der Waals surface area contributed by atoms with Gasteiger partial charge < -0.3 is 10.2 Å². The van der Waals surface area contributed by atoms with Crippen LogP contribution in [0.15, 0.2) is 24.3 Å². The second-order valence-electron chi connectivity index (χ2n) is 4.53. The van der Waals surface area contributed by atoms with Crippen LogP contribution in [0.2, 0.25) is 0 Å². The molecule has 17 heavy (non-hydrogen) atoms. The molecule has 0 radical (unpaired) electrons. The van der Waals surface area contributed by atoms with Crippen molar-refractivity contribution in [2.75, 3.05) is 27.2 Å². The first-order valence-electron chi connectivity index (χ1n) is 6.30. The first-order chi connectivity index (χ1) is 8.22. The topological polar surface area (TPSA) is 15.3 Å². The van der Waals surface area contributed by atoms with Crippen LogP contribution in [0.1, 0.15) is 24.8 Å². The molecule has 0 aromatic heterocycles. The second kappa shape index (κ2) is 8.20. The summed E-state index contributed by atoms with van der Waals surface area (Å²) in [7, 11) is 4.10. The fourth-order valence-corrected chi connectivity index (χ4v) is 1.84. The number of hydrogen-bond donors (Lipinski definition) is 1. The molecule has 0 spiro atoms. The summed E-state index contributed by atoms with van der Waals surface area (Å²) in [5.41, 5.74) is 1.17. The lowest BCUT2D eigenvalue weighted by Crippen LogP contribution is -2.19. The highest BCUT2D eigenvalue weighted by atomic mass is 19.1. The van der Waals surface area contributed by atoms with Gasteiger partial charge >= 0.3 is 0 Å². The summed E-state index contributed by atoms with van der Waals surface area (Å²) in [5, 5.41) is 3.15. The molecule has 0 aliphatic carbocycles. The van der Waals surface area contributed by atoms with Crippen LogP contribution in [-0.2, 0) is 6.54 Å². The van der Waals surface area contributed by atoms with Crippen LogP contribution < -0.4 is 5.32 Å². The number of rotatable bonds is 8. The number of hydrogen-bond acceptors (Lipinski definition) is 2. The lowest BCUT2D eigenvalue weighted by Gasteiger charge is -2.16. The van der Waals surface area contributed by atoms with Gasteiger partial charge in [-0.1, -0.05) is 18.6 Å². The number of unbranched alkanes of at least 4 members (excludes halogenated alkanes) is 2. The van der Waals surface area contributed by atoms with E-state index in [2.05, 4.69) is 17.3 Å². The van der Waals surface area contributed by atoms with Gasteiger partial charge in [-0.25, -0.2) is 4.39 Å². The van der Waals surface area contributed by atoms with Crippen molar-refractivity contribution < 1.29 is 4.39 Å². The molecule has 0 bridgehead atoms. The van der Waals surface area contributed by atoms with E-state index in [4.69, 9.17) is 0 Å². The molecule has 1 rings (SSSR count). The second-order valence-corrected chi connectivity index (χ2v) is 4.53. The van der Waals surface area contributed by atoms with Crippen LogP contribution in [-0.4, -0.2) is 32.1 Å². The predicted molar refractivity (Wildman–Crippen MR) is 70.5 cm³/mol. The zero-order valence-corrected chi connectivity index (χ0v) is 10.9. The van der Waals surface area contributed by atoms with Gasteiger partial charge in [-0.2, -0.15) is 0 Å². The lowest BCUT2D eigenvalue weighted by molar-refractivity contribution is 0.317. The Hall–Kier alpha value is -0.930. The Morgan fingerprint density at radius 3 is 2.47 bits per heavy atom. The van der Waals surface area contributed by atoms with Crippen LogP contribution in [0.3, 0.4) is 0 Å². The molecule has 1 aromatic rings. The molecule has 0 aliphatic rings. The third-order valence-electron chi connectivity index (χ3n) is 2.83. The van der Waals surface area contributed by atoms with Crippen LogP contribution in [0.5, 0.6) is 0 Å². The van der Waals surface area contributed by atoms with Crippen LogP contribution in [0, 0.1) is 5.82 Å². The zero-order valence-electron chi connectivity index (χ0n) is 10.9. The molecular weight excluding hydrogens is 215 g/mol. The highest BCUT2D eigenvalue weighted by molar-refractivity contribution is 5.15. The Morgan fingerprint density at radius 2 is 1.82 bits per heavy atom. The summed E-state index contributed by atoms with van der Waals surface area (Å²) in [6.07, 6.45) is 3.72. The minimum atomic E-state index is -0.163. The van der Waals surface area contributed by atoms with Gasteiger partial charge in [-0.15, -0.1) is 0 Å². The third kappa shape index (κ3) is 6.39. The van der Waals surface area contributed by atoms with Crippen LogP contribution in [0.4, 0.5) is 4.39 Å².